The maximum Gasteiger partial charge on any atom is 0.174 e. The Balaban J connectivity index is 1.66. The van der Waals surface area contributed by atoms with Crippen molar-refractivity contribution in [3.8, 4) is 0 Å². The van der Waals surface area contributed by atoms with Gasteiger partial charge in [0.15, 0.2) is 5.11 Å². The van der Waals surface area contributed by atoms with Gasteiger partial charge >= 0.3 is 0 Å². The van der Waals surface area contributed by atoms with Crippen molar-refractivity contribution in [1.29, 1.82) is 0 Å². The van der Waals surface area contributed by atoms with Crippen LogP contribution in [0.3, 0.4) is 0 Å². The van der Waals surface area contributed by atoms with Gasteiger partial charge in [-0.15, -0.1) is 0 Å². The Hall–Kier alpha value is -2.37. The minimum absolute atomic E-state index is 0.0208. The van der Waals surface area contributed by atoms with Gasteiger partial charge in [0.05, 0.1) is 17.8 Å². The SMILES string of the molecule is Cc1cc(C2C(c3ccccn3)NC(=S)N2c2ccc(Cl)cc2)c(C)n1C1CC1. The van der Waals surface area contributed by atoms with E-state index in [0.717, 1.165) is 16.4 Å². The second-order valence-corrected chi connectivity index (χ2v) is 8.72. The lowest BCUT2D eigenvalue weighted by Crippen LogP contribution is -2.29. The average molecular weight is 423 g/mol. The maximum absolute atomic E-state index is 6.14. The summed E-state index contributed by atoms with van der Waals surface area (Å²) in [6, 6.07) is 16.9. The van der Waals surface area contributed by atoms with E-state index >= 15 is 0 Å². The van der Waals surface area contributed by atoms with E-state index in [1.54, 1.807) is 0 Å². The molecule has 3 aromatic rings. The fraction of sp³-hybridized carbons (Fsp3) is 0.304. The quantitative estimate of drug-likeness (QED) is 0.549. The van der Waals surface area contributed by atoms with Crippen molar-refractivity contribution in [1.82, 2.24) is 14.9 Å². The van der Waals surface area contributed by atoms with Gasteiger partial charge in [-0.1, -0.05) is 17.7 Å². The first kappa shape index (κ1) is 18.6. The zero-order valence-corrected chi connectivity index (χ0v) is 18.0. The zero-order valence-electron chi connectivity index (χ0n) is 16.5. The molecule has 1 aliphatic heterocycles. The van der Waals surface area contributed by atoms with E-state index < -0.39 is 0 Å². The van der Waals surface area contributed by atoms with Crippen molar-refractivity contribution < 1.29 is 0 Å². The Morgan fingerprint density at radius 2 is 1.86 bits per heavy atom. The molecule has 2 unspecified atom stereocenters. The number of pyridine rings is 1. The summed E-state index contributed by atoms with van der Waals surface area (Å²) in [5.74, 6) is 0. The van der Waals surface area contributed by atoms with Gasteiger partial charge in [0.2, 0.25) is 0 Å². The van der Waals surface area contributed by atoms with Crippen LogP contribution in [0.5, 0.6) is 0 Å². The second kappa shape index (κ2) is 7.15. The van der Waals surface area contributed by atoms with Crippen molar-refractivity contribution in [2.24, 2.45) is 0 Å². The van der Waals surface area contributed by atoms with Gasteiger partial charge < -0.3 is 14.8 Å². The number of nitrogens with one attached hydrogen (secondary N) is 1. The topological polar surface area (TPSA) is 33.1 Å². The Labute approximate surface area is 181 Å². The van der Waals surface area contributed by atoms with E-state index in [0.29, 0.717) is 11.2 Å². The molecule has 5 rings (SSSR count). The number of rotatable bonds is 4. The van der Waals surface area contributed by atoms with Crippen LogP contribution in [-0.2, 0) is 0 Å². The molecule has 148 valence electrons. The molecular weight excluding hydrogens is 400 g/mol. The summed E-state index contributed by atoms with van der Waals surface area (Å²) in [5, 5.41) is 4.97. The van der Waals surface area contributed by atoms with Gasteiger partial charge in [0.25, 0.3) is 0 Å². The summed E-state index contributed by atoms with van der Waals surface area (Å²) < 4.78 is 2.49. The molecule has 0 amide bonds. The largest absolute Gasteiger partial charge is 0.351 e. The summed E-state index contributed by atoms with van der Waals surface area (Å²) in [7, 11) is 0. The monoisotopic (exact) mass is 422 g/mol. The third kappa shape index (κ3) is 3.22. The van der Waals surface area contributed by atoms with E-state index in [1.165, 1.54) is 29.8 Å². The van der Waals surface area contributed by atoms with E-state index in [4.69, 9.17) is 23.8 Å². The molecule has 6 heteroatoms. The first-order valence-electron chi connectivity index (χ1n) is 9.99. The number of aromatic nitrogens is 2. The molecule has 3 heterocycles. The smallest absolute Gasteiger partial charge is 0.174 e. The third-order valence-corrected chi connectivity index (χ3v) is 6.52. The summed E-state index contributed by atoms with van der Waals surface area (Å²) in [6.45, 7) is 4.44. The number of aryl methyl sites for hydroxylation is 1. The molecule has 2 fully saturated rings. The molecule has 1 aliphatic carbocycles. The fourth-order valence-electron chi connectivity index (χ4n) is 4.55. The van der Waals surface area contributed by atoms with Gasteiger partial charge in [-0.2, -0.15) is 0 Å². The van der Waals surface area contributed by atoms with E-state index in [9.17, 15) is 0 Å². The molecule has 1 saturated heterocycles. The van der Waals surface area contributed by atoms with Crippen LogP contribution in [0, 0.1) is 13.8 Å². The normalized spacial score (nSPS) is 21.5. The van der Waals surface area contributed by atoms with Crippen LogP contribution >= 0.6 is 23.8 Å². The van der Waals surface area contributed by atoms with Gasteiger partial charge in [0, 0.05) is 34.3 Å². The van der Waals surface area contributed by atoms with Crippen LogP contribution in [0.4, 0.5) is 5.69 Å². The molecule has 1 saturated carbocycles. The predicted octanol–water partition coefficient (Wildman–Crippen LogP) is 5.67. The summed E-state index contributed by atoms with van der Waals surface area (Å²) in [6.07, 6.45) is 4.37. The number of nitrogens with zero attached hydrogens (tertiary/aromatic N) is 3. The van der Waals surface area contributed by atoms with E-state index in [-0.39, 0.29) is 12.1 Å². The Morgan fingerprint density at radius 3 is 2.52 bits per heavy atom. The van der Waals surface area contributed by atoms with Crippen LogP contribution in [-0.4, -0.2) is 14.7 Å². The molecule has 29 heavy (non-hydrogen) atoms. The number of benzene rings is 1. The van der Waals surface area contributed by atoms with Crippen molar-refractivity contribution in [3.63, 3.8) is 0 Å². The van der Waals surface area contributed by atoms with Crippen molar-refractivity contribution in [2.75, 3.05) is 4.90 Å². The Bertz CT molecular complexity index is 1060. The molecule has 4 nitrogen and oxygen atoms in total. The van der Waals surface area contributed by atoms with Crippen LogP contribution in [0.25, 0.3) is 0 Å². The van der Waals surface area contributed by atoms with Crippen molar-refractivity contribution >= 4 is 34.6 Å². The molecular formula is C23H23ClN4S. The van der Waals surface area contributed by atoms with Crippen LogP contribution in [0.15, 0.2) is 54.7 Å². The van der Waals surface area contributed by atoms with Crippen molar-refractivity contribution in [2.45, 2.75) is 44.8 Å². The van der Waals surface area contributed by atoms with Crippen LogP contribution in [0.1, 0.15) is 53.6 Å². The summed E-state index contributed by atoms with van der Waals surface area (Å²) in [4.78, 5) is 6.86. The molecule has 0 bridgehead atoms. The summed E-state index contributed by atoms with van der Waals surface area (Å²) >= 11 is 11.9. The molecule has 0 spiro atoms. The molecule has 2 aliphatic rings. The summed E-state index contributed by atoms with van der Waals surface area (Å²) in [5.41, 5.74) is 5.96. The van der Waals surface area contributed by atoms with Crippen LogP contribution in [0.2, 0.25) is 5.02 Å². The highest BCUT2D eigenvalue weighted by Crippen LogP contribution is 2.46. The Morgan fingerprint density at radius 1 is 1.10 bits per heavy atom. The highest BCUT2D eigenvalue weighted by Gasteiger charge is 2.42. The maximum atomic E-state index is 6.14. The Kier molecular flexibility index (Phi) is 4.60. The lowest BCUT2D eigenvalue weighted by molar-refractivity contribution is 0.562. The van der Waals surface area contributed by atoms with Crippen molar-refractivity contribution in [3.05, 3.63) is 82.4 Å². The number of thiocarbonyl (C=S) groups is 1. The first-order chi connectivity index (χ1) is 14.0. The minimum atomic E-state index is -0.0208. The lowest BCUT2D eigenvalue weighted by atomic mass is 9.96. The van der Waals surface area contributed by atoms with Gasteiger partial charge in [0.1, 0.15) is 0 Å². The number of halogens is 1. The molecule has 0 radical (unpaired) electrons. The lowest BCUT2D eigenvalue weighted by Gasteiger charge is -2.28. The molecule has 1 N–H and O–H groups in total. The molecule has 2 atom stereocenters. The van der Waals surface area contributed by atoms with Gasteiger partial charge in [-0.25, -0.2) is 0 Å². The average Bonchev–Trinajstić information content (AvgIpc) is 3.43. The number of hydrogen-bond acceptors (Lipinski definition) is 2. The standard InChI is InChI=1S/C23H23ClN4S/c1-14-13-19(15(2)27(14)17-10-11-17)22-21(20-5-3-4-12-25-20)26-23(29)28(22)18-8-6-16(24)7-9-18/h3-9,12-13,17,21-22H,10-11H2,1-2H3,(H,26,29). The number of anilines is 1. The van der Waals surface area contributed by atoms with Gasteiger partial charge in [-0.05, 0) is 86.9 Å². The molecule has 1 aromatic carbocycles. The van der Waals surface area contributed by atoms with Gasteiger partial charge in [-0.3, -0.25) is 4.98 Å². The zero-order chi connectivity index (χ0) is 20.1. The second-order valence-electron chi connectivity index (χ2n) is 7.90. The highest BCUT2D eigenvalue weighted by atomic mass is 35.5. The van der Waals surface area contributed by atoms with E-state index in [1.807, 2.05) is 42.6 Å². The minimum Gasteiger partial charge on any atom is -0.351 e. The molecule has 2 aromatic heterocycles. The third-order valence-electron chi connectivity index (χ3n) is 5.96. The van der Waals surface area contributed by atoms with Crippen LogP contribution < -0.4 is 10.2 Å². The highest BCUT2D eigenvalue weighted by molar-refractivity contribution is 7.80. The first-order valence-corrected chi connectivity index (χ1v) is 10.8. The number of hydrogen-bond donors (Lipinski definition) is 1. The van der Waals surface area contributed by atoms with E-state index in [2.05, 4.69) is 45.7 Å². The fourth-order valence-corrected chi connectivity index (χ4v) is 5.02. The predicted molar refractivity (Wildman–Crippen MR) is 122 cm³/mol.